The summed E-state index contributed by atoms with van der Waals surface area (Å²) in [6.45, 7) is 5.50. The minimum absolute atomic E-state index is 0.139. The van der Waals surface area contributed by atoms with Gasteiger partial charge in [-0.25, -0.2) is 9.59 Å². The second kappa shape index (κ2) is 6.72. The summed E-state index contributed by atoms with van der Waals surface area (Å²) < 4.78 is 0. The molecule has 0 aliphatic carbocycles. The van der Waals surface area contributed by atoms with Crippen molar-refractivity contribution in [2.45, 2.75) is 33.2 Å². The summed E-state index contributed by atoms with van der Waals surface area (Å²) in [6.07, 6.45) is 2.19. The Morgan fingerprint density at radius 2 is 2.11 bits per heavy atom. The molecule has 1 aromatic heterocycles. The highest BCUT2D eigenvalue weighted by Gasteiger charge is 2.25. The second-order valence-electron chi connectivity index (χ2n) is 4.49. The van der Waals surface area contributed by atoms with Gasteiger partial charge in [-0.15, -0.1) is 0 Å². The number of aliphatic carboxylic acids is 1. The molecule has 0 aliphatic heterocycles. The first kappa shape index (κ1) is 14.9. The zero-order valence-corrected chi connectivity index (χ0v) is 11.3. The van der Waals surface area contributed by atoms with Gasteiger partial charge in [0.05, 0.1) is 11.9 Å². The summed E-state index contributed by atoms with van der Waals surface area (Å²) >= 11 is 0. The lowest BCUT2D eigenvalue weighted by Gasteiger charge is -2.20. The van der Waals surface area contributed by atoms with Gasteiger partial charge in [0.15, 0.2) is 0 Å². The minimum atomic E-state index is -1.04. The lowest BCUT2D eigenvalue weighted by Crippen LogP contribution is -2.46. The van der Waals surface area contributed by atoms with Gasteiger partial charge in [0.2, 0.25) is 0 Å². The molecule has 0 radical (unpaired) electrons. The summed E-state index contributed by atoms with van der Waals surface area (Å²) in [4.78, 5) is 26.8. The van der Waals surface area contributed by atoms with Crippen LogP contribution in [0.15, 0.2) is 18.3 Å². The maximum Gasteiger partial charge on any atom is 0.326 e. The number of carbonyl (C=O) groups excluding carboxylic acids is 1. The van der Waals surface area contributed by atoms with Gasteiger partial charge in [0.25, 0.3) is 0 Å². The van der Waals surface area contributed by atoms with E-state index in [4.69, 9.17) is 5.11 Å². The third kappa shape index (κ3) is 4.57. The van der Waals surface area contributed by atoms with Crippen LogP contribution in [0.1, 0.15) is 26.0 Å². The van der Waals surface area contributed by atoms with Crippen LogP contribution in [0.2, 0.25) is 0 Å². The standard InChI is InChI=1S/C13H19N3O3/c1-4-8(2)11(12(17)18)16-13(19)15-10-6-5-9(3)14-7-10/h5-8,11H,4H2,1-3H3,(H,17,18)(H2,15,16,19)/t8?,11-/m0/s1. The number of rotatable bonds is 5. The number of aromatic nitrogens is 1. The molecule has 1 heterocycles. The normalized spacial score (nSPS) is 13.4. The molecule has 0 fully saturated rings. The molecule has 6 heteroatoms. The van der Waals surface area contributed by atoms with Crippen molar-refractivity contribution in [1.29, 1.82) is 0 Å². The molecule has 104 valence electrons. The molecule has 0 aliphatic rings. The number of anilines is 1. The smallest absolute Gasteiger partial charge is 0.326 e. The van der Waals surface area contributed by atoms with Crippen LogP contribution in [0.5, 0.6) is 0 Å². The van der Waals surface area contributed by atoms with Gasteiger partial charge in [-0.1, -0.05) is 20.3 Å². The van der Waals surface area contributed by atoms with Gasteiger partial charge in [-0.05, 0) is 25.0 Å². The Morgan fingerprint density at radius 3 is 2.58 bits per heavy atom. The topological polar surface area (TPSA) is 91.3 Å². The monoisotopic (exact) mass is 265 g/mol. The van der Waals surface area contributed by atoms with Crippen LogP contribution in [0, 0.1) is 12.8 Å². The molecule has 6 nitrogen and oxygen atoms in total. The lowest BCUT2D eigenvalue weighted by atomic mass is 9.99. The van der Waals surface area contributed by atoms with E-state index in [1.165, 1.54) is 6.20 Å². The number of hydrogen-bond acceptors (Lipinski definition) is 3. The van der Waals surface area contributed by atoms with Crippen LogP contribution in [0.3, 0.4) is 0 Å². The number of urea groups is 1. The van der Waals surface area contributed by atoms with Gasteiger partial charge in [0, 0.05) is 5.69 Å². The molecule has 3 N–H and O–H groups in total. The average molecular weight is 265 g/mol. The highest BCUT2D eigenvalue weighted by molar-refractivity contribution is 5.92. The van der Waals surface area contributed by atoms with E-state index in [1.54, 1.807) is 19.1 Å². The molecule has 2 amide bonds. The quantitative estimate of drug-likeness (QED) is 0.759. The second-order valence-corrected chi connectivity index (χ2v) is 4.49. The largest absolute Gasteiger partial charge is 0.480 e. The number of nitrogens with one attached hydrogen (secondary N) is 2. The van der Waals surface area contributed by atoms with Crippen molar-refractivity contribution >= 4 is 17.7 Å². The Balaban J connectivity index is 2.62. The summed E-state index contributed by atoms with van der Waals surface area (Å²) in [5.41, 5.74) is 1.37. The van der Waals surface area contributed by atoms with Crippen molar-refractivity contribution in [2.75, 3.05) is 5.32 Å². The maximum atomic E-state index is 11.7. The predicted molar refractivity (Wildman–Crippen MR) is 72.0 cm³/mol. The third-order valence-electron chi connectivity index (χ3n) is 2.93. The molecule has 1 rings (SSSR count). The fraction of sp³-hybridized carbons (Fsp3) is 0.462. The molecule has 0 aromatic carbocycles. The zero-order valence-electron chi connectivity index (χ0n) is 11.3. The number of carbonyl (C=O) groups is 2. The first-order valence-corrected chi connectivity index (χ1v) is 6.17. The third-order valence-corrected chi connectivity index (χ3v) is 2.93. The molecule has 0 bridgehead atoms. The Morgan fingerprint density at radius 1 is 1.42 bits per heavy atom. The van der Waals surface area contributed by atoms with Crippen LogP contribution in [-0.4, -0.2) is 28.1 Å². The average Bonchev–Trinajstić information content (AvgIpc) is 2.37. The lowest BCUT2D eigenvalue weighted by molar-refractivity contribution is -0.140. The SMILES string of the molecule is CCC(C)[C@H](NC(=O)Nc1ccc(C)nc1)C(=O)O. The van der Waals surface area contributed by atoms with Crippen LogP contribution < -0.4 is 10.6 Å². The number of hydrogen-bond donors (Lipinski definition) is 3. The van der Waals surface area contributed by atoms with E-state index in [1.807, 2.05) is 13.8 Å². The van der Waals surface area contributed by atoms with Crippen molar-refractivity contribution in [3.63, 3.8) is 0 Å². The van der Waals surface area contributed by atoms with Crippen LogP contribution in [0.4, 0.5) is 10.5 Å². The highest BCUT2D eigenvalue weighted by Crippen LogP contribution is 2.09. The maximum absolute atomic E-state index is 11.7. The van der Waals surface area contributed by atoms with E-state index < -0.39 is 18.0 Å². The number of carboxylic acids is 1. The number of pyridine rings is 1. The Hall–Kier alpha value is -2.11. The molecule has 0 saturated heterocycles. The van der Waals surface area contributed by atoms with Gasteiger partial charge < -0.3 is 15.7 Å². The fourth-order valence-corrected chi connectivity index (χ4v) is 1.53. The van der Waals surface area contributed by atoms with E-state index in [-0.39, 0.29) is 5.92 Å². The van der Waals surface area contributed by atoms with Gasteiger partial charge in [-0.3, -0.25) is 4.98 Å². The Bertz CT molecular complexity index is 445. The first-order valence-electron chi connectivity index (χ1n) is 6.17. The Kier molecular flexibility index (Phi) is 5.29. The summed E-state index contributed by atoms with van der Waals surface area (Å²) in [5.74, 6) is -1.18. The van der Waals surface area contributed by atoms with Crippen molar-refractivity contribution in [1.82, 2.24) is 10.3 Å². The molecular weight excluding hydrogens is 246 g/mol. The number of amides is 2. The summed E-state index contributed by atoms with van der Waals surface area (Å²) in [5, 5.41) is 14.1. The summed E-state index contributed by atoms with van der Waals surface area (Å²) in [7, 11) is 0. The molecule has 1 unspecified atom stereocenters. The fourth-order valence-electron chi connectivity index (χ4n) is 1.53. The molecule has 0 saturated carbocycles. The van der Waals surface area contributed by atoms with Gasteiger partial charge in [0.1, 0.15) is 6.04 Å². The molecule has 0 spiro atoms. The molecule has 1 aromatic rings. The van der Waals surface area contributed by atoms with Crippen LogP contribution >= 0.6 is 0 Å². The molecule has 19 heavy (non-hydrogen) atoms. The van der Waals surface area contributed by atoms with E-state index in [0.29, 0.717) is 12.1 Å². The zero-order chi connectivity index (χ0) is 14.4. The Labute approximate surface area is 112 Å². The molecule has 2 atom stereocenters. The minimum Gasteiger partial charge on any atom is -0.480 e. The highest BCUT2D eigenvalue weighted by atomic mass is 16.4. The first-order chi connectivity index (χ1) is 8.93. The van der Waals surface area contributed by atoms with Crippen molar-refractivity contribution in [3.05, 3.63) is 24.0 Å². The van der Waals surface area contributed by atoms with Crippen LogP contribution in [0.25, 0.3) is 0 Å². The van der Waals surface area contributed by atoms with E-state index in [0.717, 1.165) is 5.69 Å². The van der Waals surface area contributed by atoms with Crippen molar-refractivity contribution in [3.8, 4) is 0 Å². The van der Waals surface area contributed by atoms with Crippen molar-refractivity contribution < 1.29 is 14.7 Å². The van der Waals surface area contributed by atoms with Gasteiger partial charge >= 0.3 is 12.0 Å². The number of carboxylic acid groups (broad SMARTS) is 1. The van der Waals surface area contributed by atoms with Crippen LogP contribution in [-0.2, 0) is 4.79 Å². The number of nitrogens with zero attached hydrogens (tertiary/aromatic N) is 1. The summed E-state index contributed by atoms with van der Waals surface area (Å²) in [6, 6.07) is 2.03. The van der Waals surface area contributed by atoms with Crippen molar-refractivity contribution in [2.24, 2.45) is 5.92 Å². The van der Waals surface area contributed by atoms with E-state index >= 15 is 0 Å². The molecular formula is C13H19N3O3. The van der Waals surface area contributed by atoms with E-state index in [9.17, 15) is 9.59 Å². The van der Waals surface area contributed by atoms with E-state index in [2.05, 4.69) is 15.6 Å². The number of aryl methyl sites for hydroxylation is 1. The van der Waals surface area contributed by atoms with Gasteiger partial charge in [-0.2, -0.15) is 0 Å². The predicted octanol–water partition coefficient (Wildman–Crippen LogP) is 2.01.